The van der Waals surface area contributed by atoms with Crippen molar-refractivity contribution in [2.24, 2.45) is 10.1 Å². The molecule has 0 saturated heterocycles. The molecule has 0 atom stereocenters. The third-order valence-electron chi connectivity index (χ3n) is 3.29. The number of pyridine rings is 1. The number of aromatic nitrogens is 1. The Kier molecular flexibility index (Phi) is 4.32. The third kappa shape index (κ3) is 3.20. The van der Waals surface area contributed by atoms with Gasteiger partial charge in [-0.25, -0.2) is 10.0 Å². The summed E-state index contributed by atoms with van der Waals surface area (Å²) in [6, 6.07) is 3.89. The molecule has 0 amide bonds. The summed E-state index contributed by atoms with van der Waals surface area (Å²) in [6.45, 7) is 5.99. The Balaban J connectivity index is 0.00000208. The number of hydrogen-bond donors (Lipinski definition) is 1. The fourth-order valence-electron chi connectivity index (χ4n) is 2.18. The molecule has 3 heterocycles. The molecule has 1 aromatic heterocycles. The zero-order chi connectivity index (χ0) is 16.1. The van der Waals surface area contributed by atoms with E-state index in [-0.39, 0.29) is 1.43 Å². The van der Waals surface area contributed by atoms with Gasteiger partial charge in [-0.3, -0.25) is 4.98 Å². The van der Waals surface area contributed by atoms with E-state index in [1.54, 1.807) is 17.4 Å². The monoisotopic (exact) mass is 305 g/mol. The van der Waals surface area contributed by atoms with Crippen molar-refractivity contribution in [3.8, 4) is 0 Å². The molecule has 0 aromatic carbocycles. The molecule has 2 aliphatic heterocycles. The van der Waals surface area contributed by atoms with Crippen LogP contribution in [0.1, 0.15) is 20.3 Å². The van der Waals surface area contributed by atoms with Crippen molar-refractivity contribution in [1.82, 2.24) is 15.3 Å². The zero-order valence-electron chi connectivity index (χ0n) is 12.9. The molecule has 0 aliphatic carbocycles. The SMILES string of the molecule is C=C(N/C=C\C)C1=NC2=C=CCC=NN2C(c2ccncc2)=C1.[HH]. The van der Waals surface area contributed by atoms with Gasteiger partial charge in [0.05, 0.1) is 17.1 Å². The molecule has 0 unspecified atom stereocenters. The largest absolute Gasteiger partial charge is 0.361 e. The van der Waals surface area contributed by atoms with Gasteiger partial charge in [0.25, 0.3) is 0 Å². The summed E-state index contributed by atoms with van der Waals surface area (Å²) >= 11 is 0. The first kappa shape index (κ1) is 14.8. The highest BCUT2D eigenvalue weighted by Crippen LogP contribution is 2.29. The van der Waals surface area contributed by atoms with Crippen LogP contribution in [0.2, 0.25) is 0 Å². The van der Waals surface area contributed by atoms with Gasteiger partial charge in [0, 0.05) is 32.0 Å². The predicted octanol–water partition coefficient (Wildman–Crippen LogP) is 3.45. The molecule has 0 spiro atoms. The number of hydrogen-bond acceptors (Lipinski definition) is 5. The van der Waals surface area contributed by atoms with Crippen molar-refractivity contribution in [1.29, 1.82) is 0 Å². The summed E-state index contributed by atoms with van der Waals surface area (Å²) in [6.07, 6.45) is 13.7. The summed E-state index contributed by atoms with van der Waals surface area (Å²) in [5.74, 6) is 0.645. The lowest BCUT2D eigenvalue weighted by molar-refractivity contribution is 0.518. The van der Waals surface area contributed by atoms with Gasteiger partial charge in [-0.1, -0.05) is 18.4 Å². The molecule has 116 valence electrons. The van der Waals surface area contributed by atoms with Crippen LogP contribution in [-0.4, -0.2) is 21.9 Å². The number of nitrogens with zero attached hydrogens (tertiary/aromatic N) is 4. The number of rotatable bonds is 4. The molecule has 0 radical (unpaired) electrons. The molecule has 1 N–H and O–H groups in total. The van der Waals surface area contributed by atoms with Crippen molar-refractivity contribution >= 4 is 17.6 Å². The van der Waals surface area contributed by atoms with E-state index < -0.39 is 0 Å². The maximum atomic E-state index is 4.61. The average Bonchev–Trinajstić information content (AvgIpc) is 2.85. The van der Waals surface area contributed by atoms with Crippen molar-refractivity contribution in [3.05, 3.63) is 78.3 Å². The molecule has 3 rings (SSSR count). The molecule has 5 heteroatoms. The average molecular weight is 305 g/mol. The summed E-state index contributed by atoms with van der Waals surface area (Å²) < 4.78 is 0. The van der Waals surface area contributed by atoms with Crippen molar-refractivity contribution in [2.45, 2.75) is 13.3 Å². The Hall–Kier alpha value is -3.17. The number of fused-ring (bicyclic) bond motifs is 1. The number of aliphatic imine (C=N–C) groups is 1. The van der Waals surface area contributed by atoms with Crippen LogP contribution in [0, 0.1) is 0 Å². The fourth-order valence-corrected chi connectivity index (χ4v) is 2.18. The van der Waals surface area contributed by atoms with Gasteiger partial charge in [-0.05, 0) is 37.4 Å². The maximum absolute atomic E-state index is 4.61. The van der Waals surface area contributed by atoms with E-state index in [9.17, 15) is 0 Å². The second-order valence-electron chi connectivity index (χ2n) is 4.90. The maximum Gasteiger partial charge on any atom is 0.199 e. The topological polar surface area (TPSA) is 52.9 Å². The molecule has 0 bridgehead atoms. The lowest BCUT2D eigenvalue weighted by Crippen LogP contribution is -2.23. The van der Waals surface area contributed by atoms with Gasteiger partial charge in [0.1, 0.15) is 0 Å². The third-order valence-corrected chi connectivity index (χ3v) is 3.29. The van der Waals surface area contributed by atoms with Gasteiger partial charge >= 0.3 is 0 Å². The smallest absolute Gasteiger partial charge is 0.199 e. The van der Waals surface area contributed by atoms with Crippen LogP contribution in [0.4, 0.5) is 0 Å². The highest BCUT2D eigenvalue weighted by atomic mass is 15.5. The van der Waals surface area contributed by atoms with E-state index in [0.717, 1.165) is 29.1 Å². The first-order valence-corrected chi connectivity index (χ1v) is 7.35. The van der Waals surface area contributed by atoms with E-state index in [0.29, 0.717) is 5.82 Å². The van der Waals surface area contributed by atoms with Gasteiger partial charge in [-0.15, -0.1) is 0 Å². The molecule has 1 aromatic rings. The van der Waals surface area contributed by atoms with Gasteiger partial charge < -0.3 is 5.32 Å². The van der Waals surface area contributed by atoms with Crippen LogP contribution in [0.3, 0.4) is 0 Å². The molecule has 23 heavy (non-hydrogen) atoms. The Bertz CT molecular complexity index is 796. The lowest BCUT2D eigenvalue weighted by Gasteiger charge is -2.25. The molecule has 2 aliphatic rings. The van der Waals surface area contributed by atoms with Crippen LogP contribution in [0.15, 0.2) is 82.9 Å². The minimum absolute atomic E-state index is 0. The van der Waals surface area contributed by atoms with E-state index in [4.69, 9.17) is 0 Å². The first-order valence-electron chi connectivity index (χ1n) is 7.35. The molecule has 0 fully saturated rings. The first-order chi connectivity index (χ1) is 11.3. The summed E-state index contributed by atoms with van der Waals surface area (Å²) in [5.41, 5.74) is 6.57. The van der Waals surface area contributed by atoms with Crippen LogP contribution in [0.5, 0.6) is 0 Å². The molecule has 0 saturated carbocycles. The van der Waals surface area contributed by atoms with Crippen molar-refractivity contribution < 1.29 is 1.43 Å². The standard InChI is InChI=1S/C18H17N5.H2/c1-3-9-20-14(2)16-13-17(15-7-11-19-12-8-15)23-18(22-16)6-4-5-10-21-23;/h3-4,7-13,20H,2,5H2,1H3;1H/b9-3-;. The summed E-state index contributed by atoms with van der Waals surface area (Å²) in [5, 5.41) is 9.37. The summed E-state index contributed by atoms with van der Waals surface area (Å²) in [7, 11) is 0. The fraction of sp³-hybridized carbons (Fsp3) is 0.111. The van der Waals surface area contributed by atoms with Crippen molar-refractivity contribution in [2.75, 3.05) is 0 Å². The number of hydrazone groups is 1. The van der Waals surface area contributed by atoms with Crippen molar-refractivity contribution in [3.63, 3.8) is 0 Å². The van der Waals surface area contributed by atoms with Crippen LogP contribution < -0.4 is 5.32 Å². The number of nitrogens with one attached hydrogen (secondary N) is 1. The quantitative estimate of drug-likeness (QED) is 0.867. The van der Waals surface area contributed by atoms with Gasteiger partial charge in [0.2, 0.25) is 0 Å². The van der Waals surface area contributed by atoms with Gasteiger partial charge in [-0.2, -0.15) is 5.10 Å². The summed E-state index contributed by atoms with van der Waals surface area (Å²) in [4.78, 5) is 8.68. The highest BCUT2D eigenvalue weighted by Gasteiger charge is 2.22. The van der Waals surface area contributed by atoms with Gasteiger partial charge in [0.15, 0.2) is 5.82 Å². The Labute approximate surface area is 136 Å². The molecule has 5 nitrogen and oxygen atoms in total. The van der Waals surface area contributed by atoms with Crippen LogP contribution in [-0.2, 0) is 0 Å². The van der Waals surface area contributed by atoms with Crippen LogP contribution >= 0.6 is 0 Å². The zero-order valence-corrected chi connectivity index (χ0v) is 12.9. The normalized spacial score (nSPS) is 16.4. The Morgan fingerprint density at radius 2 is 2.26 bits per heavy atom. The second-order valence-corrected chi connectivity index (χ2v) is 4.90. The van der Waals surface area contributed by atoms with E-state index in [1.165, 1.54) is 0 Å². The second kappa shape index (κ2) is 6.73. The van der Waals surface area contributed by atoms with E-state index >= 15 is 0 Å². The van der Waals surface area contributed by atoms with E-state index in [1.807, 2.05) is 49.7 Å². The predicted molar refractivity (Wildman–Crippen MR) is 95.4 cm³/mol. The number of allylic oxidation sites excluding steroid dienone is 3. The molecular formula is C18H19N5. The highest BCUT2D eigenvalue weighted by molar-refractivity contribution is 6.12. The Morgan fingerprint density at radius 1 is 1.43 bits per heavy atom. The lowest BCUT2D eigenvalue weighted by atomic mass is 10.1. The minimum Gasteiger partial charge on any atom is -0.361 e. The van der Waals surface area contributed by atoms with E-state index in [2.05, 4.69) is 32.7 Å². The minimum atomic E-state index is 0. The molecular weight excluding hydrogens is 286 g/mol. The Morgan fingerprint density at radius 3 is 3.04 bits per heavy atom. The van der Waals surface area contributed by atoms with Crippen LogP contribution in [0.25, 0.3) is 5.70 Å².